The fourth-order valence-electron chi connectivity index (χ4n) is 1.57. The molecule has 0 aliphatic rings. The van der Waals surface area contributed by atoms with Gasteiger partial charge in [0.15, 0.2) is 0 Å². The van der Waals surface area contributed by atoms with E-state index in [1.807, 2.05) is 11.9 Å². The average Bonchev–Trinajstić information content (AvgIpc) is 2.28. The summed E-state index contributed by atoms with van der Waals surface area (Å²) in [5.41, 5.74) is 6.32. The van der Waals surface area contributed by atoms with Crippen molar-refractivity contribution in [3.8, 4) is 5.75 Å². The predicted molar refractivity (Wildman–Crippen MR) is 65.0 cm³/mol. The fourth-order valence-corrected chi connectivity index (χ4v) is 1.57. The van der Waals surface area contributed by atoms with Gasteiger partial charge in [-0.1, -0.05) is 0 Å². The zero-order chi connectivity index (χ0) is 12.8. The fraction of sp³-hybridized carbons (Fsp3) is 0.455. The van der Waals surface area contributed by atoms with Gasteiger partial charge in [0.2, 0.25) is 0 Å². The molecule has 0 spiro atoms. The molecule has 0 heterocycles. The summed E-state index contributed by atoms with van der Waals surface area (Å²) >= 11 is 0. The Hall–Kier alpha value is -1.66. The minimum Gasteiger partial charge on any atom is -0.496 e. The SMILES string of the molecule is COc1cc(CN(C)CCN)cc([N+](=O)[O-])c1. The van der Waals surface area contributed by atoms with Crippen LogP contribution >= 0.6 is 0 Å². The van der Waals surface area contributed by atoms with Gasteiger partial charge in [-0.3, -0.25) is 10.1 Å². The highest BCUT2D eigenvalue weighted by Crippen LogP contribution is 2.23. The Morgan fingerprint density at radius 2 is 2.18 bits per heavy atom. The molecule has 0 unspecified atom stereocenters. The van der Waals surface area contributed by atoms with Crippen LogP contribution in [0, 0.1) is 10.1 Å². The summed E-state index contributed by atoms with van der Waals surface area (Å²) in [6.07, 6.45) is 0. The van der Waals surface area contributed by atoms with Gasteiger partial charge in [0, 0.05) is 25.7 Å². The quantitative estimate of drug-likeness (QED) is 0.591. The number of hydrogen-bond donors (Lipinski definition) is 1. The standard InChI is InChI=1S/C11H17N3O3/c1-13(4-3-12)8-9-5-10(14(15)16)7-11(6-9)17-2/h5-7H,3-4,8,12H2,1-2H3. The van der Waals surface area contributed by atoms with Crippen LogP contribution in [0.5, 0.6) is 5.75 Å². The first-order valence-electron chi connectivity index (χ1n) is 5.27. The highest BCUT2D eigenvalue weighted by Gasteiger charge is 2.11. The van der Waals surface area contributed by atoms with Crippen molar-refractivity contribution in [2.24, 2.45) is 5.73 Å². The zero-order valence-corrected chi connectivity index (χ0v) is 10.0. The number of nitrogens with two attached hydrogens (primary N) is 1. The van der Waals surface area contributed by atoms with Crippen LogP contribution < -0.4 is 10.5 Å². The maximum absolute atomic E-state index is 10.7. The molecule has 0 aliphatic heterocycles. The number of hydrogen-bond acceptors (Lipinski definition) is 5. The number of nitrogens with zero attached hydrogens (tertiary/aromatic N) is 2. The second-order valence-electron chi connectivity index (χ2n) is 3.82. The van der Waals surface area contributed by atoms with Crippen LogP contribution in [0.1, 0.15) is 5.56 Å². The number of nitro groups is 1. The number of methoxy groups -OCH3 is 1. The molecule has 1 aromatic carbocycles. The number of benzene rings is 1. The molecule has 0 saturated heterocycles. The first kappa shape index (κ1) is 13.4. The van der Waals surface area contributed by atoms with Gasteiger partial charge in [-0.05, 0) is 18.7 Å². The van der Waals surface area contributed by atoms with Crippen LogP contribution in [-0.2, 0) is 6.54 Å². The number of likely N-dealkylation sites (N-methyl/N-ethyl adjacent to an activating group) is 1. The summed E-state index contributed by atoms with van der Waals surface area (Å²) < 4.78 is 5.04. The smallest absolute Gasteiger partial charge is 0.273 e. The first-order valence-corrected chi connectivity index (χ1v) is 5.27. The van der Waals surface area contributed by atoms with Gasteiger partial charge in [-0.2, -0.15) is 0 Å². The van der Waals surface area contributed by atoms with Crippen molar-refractivity contribution in [3.63, 3.8) is 0 Å². The Morgan fingerprint density at radius 3 is 2.71 bits per heavy atom. The normalized spacial score (nSPS) is 10.6. The molecule has 0 saturated carbocycles. The Bertz CT molecular complexity index is 396. The minimum atomic E-state index is -0.422. The Morgan fingerprint density at radius 1 is 1.47 bits per heavy atom. The summed E-state index contributed by atoms with van der Waals surface area (Å²) in [5, 5.41) is 10.7. The van der Waals surface area contributed by atoms with Gasteiger partial charge >= 0.3 is 0 Å². The molecule has 0 aliphatic carbocycles. The third-order valence-corrected chi connectivity index (χ3v) is 2.36. The average molecular weight is 239 g/mol. The molecule has 0 radical (unpaired) electrons. The predicted octanol–water partition coefficient (Wildman–Crippen LogP) is 0.994. The summed E-state index contributed by atoms with van der Waals surface area (Å²) in [7, 11) is 3.41. The molecular weight excluding hydrogens is 222 g/mol. The number of nitro benzene ring substituents is 1. The van der Waals surface area contributed by atoms with E-state index in [-0.39, 0.29) is 5.69 Å². The van der Waals surface area contributed by atoms with Gasteiger partial charge in [0.05, 0.1) is 18.1 Å². The maximum atomic E-state index is 10.7. The molecular formula is C11H17N3O3. The lowest BCUT2D eigenvalue weighted by Gasteiger charge is -2.15. The minimum absolute atomic E-state index is 0.0421. The highest BCUT2D eigenvalue weighted by atomic mass is 16.6. The van der Waals surface area contributed by atoms with E-state index < -0.39 is 4.92 Å². The Kier molecular flexibility index (Phi) is 4.86. The van der Waals surface area contributed by atoms with E-state index in [4.69, 9.17) is 10.5 Å². The van der Waals surface area contributed by atoms with Crippen molar-refractivity contribution >= 4 is 5.69 Å². The monoisotopic (exact) mass is 239 g/mol. The van der Waals surface area contributed by atoms with Crippen molar-refractivity contribution in [3.05, 3.63) is 33.9 Å². The molecule has 0 fully saturated rings. The van der Waals surface area contributed by atoms with Crippen molar-refractivity contribution in [1.82, 2.24) is 4.90 Å². The third kappa shape index (κ3) is 4.01. The summed E-state index contributed by atoms with van der Waals surface area (Å²) in [5.74, 6) is 0.496. The van der Waals surface area contributed by atoms with Crippen LogP contribution in [0.4, 0.5) is 5.69 Å². The lowest BCUT2D eigenvalue weighted by atomic mass is 10.2. The van der Waals surface area contributed by atoms with Crippen molar-refractivity contribution < 1.29 is 9.66 Å². The lowest BCUT2D eigenvalue weighted by molar-refractivity contribution is -0.385. The number of ether oxygens (including phenoxy) is 1. The number of rotatable bonds is 6. The van der Waals surface area contributed by atoms with Gasteiger partial charge in [-0.25, -0.2) is 0 Å². The van der Waals surface area contributed by atoms with Crippen molar-refractivity contribution in [2.45, 2.75) is 6.54 Å². The molecule has 0 bridgehead atoms. The van der Waals surface area contributed by atoms with Crippen LogP contribution in [0.15, 0.2) is 18.2 Å². The van der Waals surface area contributed by atoms with E-state index in [1.165, 1.54) is 13.2 Å². The van der Waals surface area contributed by atoms with E-state index in [0.29, 0.717) is 18.8 Å². The van der Waals surface area contributed by atoms with E-state index in [0.717, 1.165) is 12.1 Å². The first-order chi connectivity index (χ1) is 8.06. The van der Waals surface area contributed by atoms with E-state index in [2.05, 4.69) is 0 Å². The molecule has 1 rings (SSSR count). The Labute approximate surface area is 100 Å². The van der Waals surface area contributed by atoms with Crippen molar-refractivity contribution in [1.29, 1.82) is 0 Å². The molecule has 0 atom stereocenters. The molecule has 6 heteroatoms. The molecule has 17 heavy (non-hydrogen) atoms. The van der Waals surface area contributed by atoms with Crippen molar-refractivity contribution in [2.75, 3.05) is 27.2 Å². The third-order valence-electron chi connectivity index (χ3n) is 2.36. The van der Waals surface area contributed by atoms with Gasteiger partial charge in [0.25, 0.3) is 5.69 Å². The summed E-state index contributed by atoms with van der Waals surface area (Å²) in [6.45, 7) is 1.91. The topological polar surface area (TPSA) is 81.6 Å². The van der Waals surface area contributed by atoms with Crippen LogP contribution in [0.2, 0.25) is 0 Å². The van der Waals surface area contributed by atoms with E-state index in [1.54, 1.807) is 12.1 Å². The summed E-state index contributed by atoms with van der Waals surface area (Å²) in [6, 6.07) is 4.75. The molecule has 6 nitrogen and oxygen atoms in total. The van der Waals surface area contributed by atoms with E-state index in [9.17, 15) is 10.1 Å². The van der Waals surface area contributed by atoms with Crippen LogP contribution in [0.3, 0.4) is 0 Å². The van der Waals surface area contributed by atoms with Gasteiger partial charge in [0.1, 0.15) is 5.75 Å². The molecule has 2 N–H and O–H groups in total. The molecule has 0 aromatic heterocycles. The van der Waals surface area contributed by atoms with Gasteiger partial charge in [-0.15, -0.1) is 0 Å². The largest absolute Gasteiger partial charge is 0.496 e. The second-order valence-corrected chi connectivity index (χ2v) is 3.82. The number of non-ortho nitro benzene ring substituents is 1. The highest BCUT2D eigenvalue weighted by molar-refractivity contribution is 5.42. The Balaban J connectivity index is 2.90. The summed E-state index contributed by atoms with van der Waals surface area (Å²) in [4.78, 5) is 12.3. The molecule has 0 amide bonds. The molecule has 1 aromatic rings. The maximum Gasteiger partial charge on any atom is 0.273 e. The zero-order valence-electron chi connectivity index (χ0n) is 10.0. The lowest BCUT2D eigenvalue weighted by Crippen LogP contribution is -2.24. The van der Waals surface area contributed by atoms with Crippen LogP contribution in [0.25, 0.3) is 0 Å². The second kappa shape index (κ2) is 6.17. The van der Waals surface area contributed by atoms with Crippen LogP contribution in [-0.4, -0.2) is 37.1 Å². The van der Waals surface area contributed by atoms with E-state index >= 15 is 0 Å². The van der Waals surface area contributed by atoms with Gasteiger partial charge < -0.3 is 15.4 Å². The molecule has 94 valence electrons.